The Labute approximate surface area is 76.9 Å². The van der Waals surface area contributed by atoms with Crippen LogP contribution in [0.2, 0.25) is 0 Å². The zero-order chi connectivity index (χ0) is 10.6. The molecule has 0 unspecified atom stereocenters. The van der Waals surface area contributed by atoms with Gasteiger partial charge in [-0.25, -0.2) is 4.98 Å². The van der Waals surface area contributed by atoms with E-state index in [1.807, 2.05) is 0 Å². The molecule has 0 aliphatic carbocycles. The van der Waals surface area contributed by atoms with Gasteiger partial charge in [-0.15, -0.1) is 4.91 Å². The maximum absolute atomic E-state index is 11.7. The van der Waals surface area contributed by atoms with Crippen LogP contribution in [0, 0.1) is 4.91 Å². The number of hydrogen-bond donors (Lipinski definition) is 0. The highest BCUT2D eigenvalue weighted by Gasteiger charge is 2.12. The summed E-state index contributed by atoms with van der Waals surface area (Å²) in [5.74, 6) is -0.217. The van der Waals surface area contributed by atoms with Gasteiger partial charge in [0.1, 0.15) is 0 Å². The molecule has 0 aliphatic rings. The summed E-state index contributed by atoms with van der Waals surface area (Å²) < 4.78 is 31.9. The lowest BCUT2D eigenvalue weighted by molar-refractivity contribution is -0.0563. The molecule has 0 radical (unpaired) electrons. The van der Waals surface area contributed by atoms with Gasteiger partial charge in [-0.2, -0.15) is 13.8 Å². The fourth-order valence-corrected chi connectivity index (χ4v) is 0.694. The standard InChI is InChI=1S/C6H5F2N3O3/c1-13-4-3(11-12)2-9-6(10-4)14-5(7)8/h2,5H,1H3. The summed E-state index contributed by atoms with van der Waals surface area (Å²) in [5.41, 5.74) is -0.186. The molecule has 0 aliphatic heterocycles. The van der Waals surface area contributed by atoms with Crippen molar-refractivity contribution in [2.45, 2.75) is 6.61 Å². The Hall–Kier alpha value is -1.86. The maximum Gasteiger partial charge on any atom is 0.389 e. The lowest BCUT2D eigenvalue weighted by Crippen LogP contribution is -2.05. The first-order valence-corrected chi connectivity index (χ1v) is 3.36. The minimum absolute atomic E-state index is 0.186. The molecule has 0 bridgehead atoms. The number of alkyl halides is 2. The van der Waals surface area contributed by atoms with Gasteiger partial charge >= 0.3 is 12.6 Å². The van der Waals surface area contributed by atoms with Crippen LogP contribution in [0.5, 0.6) is 11.9 Å². The number of hydrogen-bond acceptors (Lipinski definition) is 6. The number of rotatable bonds is 4. The van der Waals surface area contributed by atoms with Crippen LogP contribution in [0.3, 0.4) is 0 Å². The van der Waals surface area contributed by atoms with E-state index in [2.05, 4.69) is 24.6 Å². The van der Waals surface area contributed by atoms with Crippen LogP contribution in [0.4, 0.5) is 14.5 Å². The number of ether oxygens (including phenoxy) is 2. The molecule has 0 spiro atoms. The summed E-state index contributed by atoms with van der Waals surface area (Å²) in [7, 11) is 1.21. The minimum atomic E-state index is -3.03. The SMILES string of the molecule is COc1nc(OC(F)F)ncc1N=O. The molecule has 0 amide bonds. The average Bonchev–Trinajstić information content (AvgIpc) is 2.16. The Morgan fingerprint density at radius 2 is 2.29 bits per heavy atom. The Morgan fingerprint density at radius 3 is 2.79 bits per heavy atom. The van der Waals surface area contributed by atoms with Gasteiger partial charge < -0.3 is 9.47 Å². The molecule has 0 saturated carbocycles. The zero-order valence-corrected chi connectivity index (χ0v) is 6.98. The van der Waals surface area contributed by atoms with Gasteiger partial charge in [0, 0.05) is 0 Å². The fourth-order valence-electron chi connectivity index (χ4n) is 0.694. The number of nitrogens with zero attached hydrogens (tertiary/aromatic N) is 3. The van der Waals surface area contributed by atoms with Crippen LogP contribution in [-0.4, -0.2) is 23.7 Å². The second-order valence-corrected chi connectivity index (χ2v) is 2.02. The largest absolute Gasteiger partial charge is 0.479 e. The molecule has 8 heteroatoms. The van der Waals surface area contributed by atoms with Crippen molar-refractivity contribution in [1.82, 2.24) is 9.97 Å². The topological polar surface area (TPSA) is 73.7 Å². The summed E-state index contributed by atoms with van der Waals surface area (Å²) >= 11 is 0. The summed E-state index contributed by atoms with van der Waals surface area (Å²) in [4.78, 5) is 16.8. The van der Waals surface area contributed by atoms with Gasteiger partial charge in [0.05, 0.1) is 13.3 Å². The Balaban J connectivity index is 2.95. The Morgan fingerprint density at radius 1 is 1.57 bits per heavy atom. The third-order valence-electron chi connectivity index (χ3n) is 1.20. The molecular formula is C6H5F2N3O3. The van der Waals surface area contributed by atoms with E-state index in [9.17, 15) is 13.7 Å². The summed E-state index contributed by atoms with van der Waals surface area (Å²) in [6, 6.07) is -0.579. The molecule has 0 fully saturated rings. The van der Waals surface area contributed by atoms with E-state index in [0.29, 0.717) is 0 Å². The first kappa shape index (κ1) is 10.2. The second kappa shape index (κ2) is 4.40. The third-order valence-corrected chi connectivity index (χ3v) is 1.20. The lowest BCUT2D eigenvalue weighted by Gasteiger charge is -2.04. The predicted molar refractivity (Wildman–Crippen MR) is 40.7 cm³/mol. The van der Waals surface area contributed by atoms with E-state index in [0.717, 1.165) is 6.20 Å². The molecule has 0 saturated heterocycles. The van der Waals surface area contributed by atoms with Gasteiger partial charge in [-0.05, 0) is 5.18 Å². The first-order chi connectivity index (χ1) is 6.67. The van der Waals surface area contributed by atoms with Crippen LogP contribution in [0.25, 0.3) is 0 Å². The minimum Gasteiger partial charge on any atom is -0.479 e. The lowest BCUT2D eigenvalue weighted by atomic mass is 10.5. The fraction of sp³-hybridized carbons (Fsp3) is 0.333. The van der Waals surface area contributed by atoms with Gasteiger partial charge in [0.2, 0.25) is 5.88 Å². The van der Waals surface area contributed by atoms with Crippen LogP contribution in [0.15, 0.2) is 11.4 Å². The van der Waals surface area contributed by atoms with Crippen molar-refractivity contribution in [2.24, 2.45) is 5.18 Å². The smallest absolute Gasteiger partial charge is 0.389 e. The maximum atomic E-state index is 11.7. The van der Waals surface area contributed by atoms with Crippen molar-refractivity contribution in [3.63, 3.8) is 0 Å². The molecule has 1 aromatic rings. The van der Waals surface area contributed by atoms with Crippen molar-refractivity contribution in [3.8, 4) is 11.9 Å². The molecule has 6 nitrogen and oxygen atoms in total. The van der Waals surface area contributed by atoms with E-state index in [-0.39, 0.29) is 11.6 Å². The number of methoxy groups -OCH3 is 1. The van der Waals surface area contributed by atoms with Crippen molar-refractivity contribution in [3.05, 3.63) is 11.1 Å². The third kappa shape index (κ3) is 2.31. The summed E-state index contributed by atoms with van der Waals surface area (Å²) in [5, 5.41) is 2.52. The molecule has 0 atom stereocenters. The monoisotopic (exact) mass is 205 g/mol. The highest BCUT2D eigenvalue weighted by molar-refractivity contribution is 5.44. The molecule has 76 valence electrons. The normalized spacial score (nSPS) is 10.0. The molecule has 1 rings (SSSR count). The first-order valence-electron chi connectivity index (χ1n) is 3.36. The molecule has 14 heavy (non-hydrogen) atoms. The van der Waals surface area contributed by atoms with Gasteiger partial charge in [0.15, 0.2) is 5.69 Å². The van der Waals surface area contributed by atoms with E-state index in [1.54, 1.807) is 0 Å². The molecule has 0 aromatic carbocycles. The van der Waals surface area contributed by atoms with Crippen LogP contribution < -0.4 is 9.47 Å². The molecule has 1 heterocycles. The van der Waals surface area contributed by atoms with Gasteiger partial charge in [-0.3, -0.25) is 0 Å². The number of halogens is 2. The Kier molecular flexibility index (Phi) is 3.21. The number of aromatic nitrogens is 2. The highest BCUT2D eigenvalue weighted by Crippen LogP contribution is 2.25. The van der Waals surface area contributed by atoms with Gasteiger partial charge in [0.25, 0.3) is 0 Å². The van der Waals surface area contributed by atoms with Crippen molar-refractivity contribution in [1.29, 1.82) is 0 Å². The Bertz CT molecular complexity index is 334. The number of nitroso groups, excluding NO2 is 1. The van der Waals surface area contributed by atoms with Crippen LogP contribution >= 0.6 is 0 Å². The van der Waals surface area contributed by atoms with E-state index >= 15 is 0 Å². The van der Waals surface area contributed by atoms with Crippen LogP contribution in [-0.2, 0) is 0 Å². The summed E-state index contributed by atoms with van der Waals surface area (Å²) in [6.45, 7) is -3.03. The molecule has 1 aromatic heterocycles. The predicted octanol–water partition coefficient (Wildman–Crippen LogP) is 1.48. The zero-order valence-electron chi connectivity index (χ0n) is 6.98. The van der Waals surface area contributed by atoms with Crippen molar-refractivity contribution >= 4 is 5.69 Å². The average molecular weight is 205 g/mol. The second-order valence-electron chi connectivity index (χ2n) is 2.02. The van der Waals surface area contributed by atoms with Crippen molar-refractivity contribution < 1.29 is 18.3 Å². The van der Waals surface area contributed by atoms with E-state index in [1.165, 1.54) is 7.11 Å². The van der Waals surface area contributed by atoms with E-state index in [4.69, 9.17) is 0 Å². The van der Waals surface area contributed by atoms with E-state index < -0.39 is 12.6 Å². The molecule has 0 N–H and O–H groups in total. The summed E-state index contributed by atoms with van der Waals surface area (Å²) in [6.07, 6.45) is 0.927. The van der Waals surface area contributed by atoms with Crippen LogP contribution in [0.1, 0.15) is 0 Å². The van der Waals surface area contributed by atoms with Gasteiger partial charge in [-0.1, -0.05) is 0 Å². The highest BCUT2D eigenvalue weighted by atomic mass is 19.3. The quantitative estimate of drug-likeness (QED) is 0.696. The van der Waals surface area contributed by atoms with Crippen molar-refractivity contribution in [2.75, 3.05) is 7.11 Å². The molecular weight excluding hydrogens is 200 g/mol.